The first-order valence-electron chi connectivity index (χ1n) is 4.93. The Bertz CT molecular complexity index is 437. The quantitative estimate of drug-likeness (QED) is 0.727. The van der Waals surface area contributed by atoms with E-state index < -0.39 is 0 Å². The minimum absolute atomic E-state index is 0.102. The smallest absolute Gasteiger partial charge is 0.0552 e. The largest absolute Gasteiger partial charge is 0.399 e. The van der Waals surface area contributed by atoms with Gasteiger partial charge in [0.2, 0.25) is 0 Å². The van der Waals surface area contributed by atoms with E-state index in [2.05, 4.69) is 0 Å². The van der Waals surface area contributed by atoms with Gasteiger partial charge in [-0.15, -0.1) is 0 Å². The zero-order valence-corrected chi connectivity index (χ0v) is 8.43. The number of benzene rings is 2. The van der Waals surface area contributed by atoms with Gasteiger partial charge in [-0.05, 0) is 23.3 Å². The molecule has 2 aromatic carbocycles. The molecule has 0 saturated carbocycles. The molecule has 2 nitrogen and oxygen atoms in total. The third-order valence-electron chi connectivity index (χ3n) is 2.43. The van der Waals surface area contributed by atoms with Crippen molar-refractivity contribution in [2.75, 3.05) is 5.73 Å². The van der Waals surface area contributed by atoms with Crippen molar-refractivity contribution in [3.8, 4) is 0 Å². The molecule has 0 heterocycles. The van der Waals surface area contributed by atoms with Crippen molar-refractivity contribution in [3.05, 3.63) is 65.7 Å². The maximum Gasteiger partial charge on any atom is 0.0552 e. The zero-order chi connectivity index (χ0) is 10.7. The SMILES string of the molecule is Nc1cccc(C(N)c2ccccc2)c1. The minimum atomic E-state index is -0.102. The van der Waals surface area contributed by atoms with Gasteiger partial charge >= 0.3 is 0 Å². The Morgan fingerprint density at radius 3 is 2.13 bits per heavy atom. The van der Waals surface area contributed by atoms with E-state index in [1.165, 1.54) is 0 Å². The average molecular weight is 198 g/mol. The van der Waals surface area contributed by atoms with Crippen molar-refractivity contribution in [3.63, 3.8) is 0 Å². The van der Waals surface area contributed by atoms with Crippen LogP contribution in [0.25, 0.3) is 0 Å². The Hall–Kier alpha value is -1.80. The molecule has 76 valence electrons. The molecule has 1 atom stereocenters. The molecule has 0 fully saturated rings. The fourth-order valence-electron chi connectivity index (χ4n) is 1.61. The summed E-state index contributed by atoms with van der Waals surface area (Å²) in [5.74, 6) is 0. The van der Waals surface area contributed by atoms with Gasteiger partial charge in [0, 0.05) is 5.69 Å². The second-order valence-electron chi connectivity index (χ2n) is 3.56. The molecule has 1 unspecified atom stereocenters. The standard InChI is InChI=1S/C13H14N2/c14-12-8-4-7-11(9-12)13(15)10-5-2-1-3-6-10/h1-9,13H,14-15H2. The minimum Gasteiger partial charge on any atom is -0.399 e. The maximum absolute atomic E-state index is 6.13. The van der Waals surface area contributed by atoms with Crippen molar-refractivity contribution in [1.29, 1.82) is 0 Å². The number of rotatable bonds is 2. The van der Waals surface area contributed by atoms with Crippen molar-refractivity contribution in [1.82, 2.24) is 0 Å². The Morgan fingerprint density at radius 2 is 1.47 bits per heavy atom. The van der Waals surface area contributed by atoms with Crippen molar-refractivity contribution >= 4 is 5.69 Å². The van der Waals surface area contributed by atoms with Gasteiger partial charge in [0.1, 0.15) is 0 Å². The molecule has 0 aliphatic heterocycles. The normalized spacial score (nSPS) is 12.3. The van der Waals surface area contributed by atoms with E-state index in [-0.39, 0.29) is 6.04 Å². The van der Waals surface area contributed by atoms with E-state index in [4.69, 9.17) is 11.5 Å². The monoisotopic (exact) mass is 198 g/mol. The molecule has 0 spiro atoms. The molecule has 0 bridgehead atoms. The molecule has 0 saturated heterocycles. The van der Waals surface area contributed by atoms with Gasteiger partial charge in [0.05, 0.1) is 6.04 Å². The summed E-state index contributed by atoms with van der Waals surface area (Å²) >= 11 is 0. The summed E-state index contributed by atoms with van der Waals surface area (Å²) in [6.07, 6.45) is 0. The summed E-state index contributed by atoms with van der Waals surface area (Å²) in [5, 5.41) is 0. The zero-order valence-electron chi connectivity index (χ0n) is 8.43. The van der Waals surface area contributed by atoms with Gasteiger partial charge in [-0.2, -0.15) is 0 Å². The van der Waals surface area contributed by atoms with Crippen LogP contribution in [0, 0.1) is 0 Å². The van der Waals surface area contributed by atoms with Crippen LogP contribution in [0.2, 0.25) is 0 Å². The lowest BCUT2D eigenvalue weighted by molar-refractivity contribution is 0.872. The molecular formula is C13H14N2. The van der Waals surface area contributed by atoms with Gasteiger partial charge in [-0.25, -0.2) is 0 Å². The maximum atomic E-state index is 6.13. The van der Waals surface area contributed by atoms with Crippen LogP contribution >= 0.6 is 0 Å². The molecule has 2 heteroatoms. The third-order valence-corrected chi connectivity index (χ3v) is 2.43. The number of hydrogen-bond donors (Lipinski definition) is 2. The first-order valence-corrected chi connectivity index (χ1v) is 4.93. The van der Waals surface area contributed by atoms with Gasteiger partial charge in [0.25, 0.3) is 0 Å². The lowest BCUT2D eigenvalue weighted by Gasteiger charge is -2.12. The van der Waals surface area contributed by atoms with Crippen molar-refractivity contribution in [2.24, 2.45) is 5.73 Å². The second-order valence-corrected chi connectivity index (χ2v) is 3.56. The van der Waals surface area contributed by atoms with E-state index in [0.29, 0.717) is 0 Å². The summed E-state index contributed by atoms with van der Waals surface area (Å²) in [5.41, 5.74) is 14.7. The Labute approximate surface area is 89.5 Å². The Balaban J connectivity index is 2.32. The predicted octanol–water partition coefficient (Wildman–Crippen LogP) is 2.32. The van der Waals surface area contributed by atoms with Crippen molar-refractivity contribution < 1.29 is 0 Å². The van der Waals surface area contributed by atoms with Crippen LogP contribution in [0.1, 0.15) is 17.2 Å². The molecule has 0 amide bonds. The van der Waals surface area contributed by atoms with E-state index in [9.17, 15) is 0 Å². The highest BCUT2D eigenvalue weighted by atomic mass is 14.6. The van der Waals surface area contributed by atoms with Gasteiger partial charge in [-0.3, -0.25) is 0 Å². The molecule has 0 aliphatic rings. The highest BCUT2D eigenvalue weighted by Gasteiger charge is 2.07. The summed E-state index contributed by atoms with van der Waals surface area (Å²) in [7, 11) is 0. The lowest BCUT2D eigenvalue weighted by Crippen LogP contribution is -2.11. The summed E-state index contributed by atoms with van der Waals surface area (Å²) in [4.78, 5) is 0. The molecule has 2 aromatic rings. The second kappa shape index (κ2) is 4.15. The fraction of sp³-hybridized carbons (Fsp3) is 0.0769. The predicted molar refractivity (Wildman–Crippen MR) is 63.3 cm³/mol. The number of anilines is 1. The van der Waals surface area contributed by atoms with Crippen LogP contribution in [0.4, 0.5) is 5.69 Å². The topological polar surface area (TPSA) is 52.0 Å². The molecule has 0 aromatic heterocycles. The molecule has 0 radical (unpaired) electrons. The van der Waals surface area contributed by atoms with Gasteiger partial charge in [0.15, 0.2) is 0 Å². The number of nitrogen functional groups attached to an aromatic ring is 1. The summed E-state index contributed by atoms with van der Waals surface area (Å²) in [6, 6.07) is 17.6. The average Bonchev–Trinajstić information content (AvgIpc) is 2.29. The fourth-order valence-corrected chi connectivity index (χ4v) is 1.61. The number of hydrogen-bond acceptors (Lipinski definition) is 2. The first-order chi connectivity index (χ1) is 7.27. The van der Waals surface area contributed by atoms with E-state index in [1.807, 2.05) is 54.6 Å². The van der Waals surface area contributed by atoms with Crippen LogP contribution in [-0.4, -0.2) is 0 Å². The van der Waals surface area contributed by atoms with E-state index in [0.717, 1.165) is 16.8 Å². The van der Waals surface area contributed by atoms with E-state index in [1.54, 1.807) is 0 Å². The van der Waals surface area contributed by atoms with Crippen LogP contribution in [-0.2, 0) is 0 Å². The summed E-state index contributed by atoms with van der Waals surface area (Å²) in [6.45, 7) is 0. The van der Waals surface area contributed by atoms with Crippen LogP contribution in [0.3, 0.4) is 0 Å². The van der Waals surface area contributed by atoms with Gasteiger partial charge in [-0.1, -0.05) is 42.5 Å². The Kier molecular flexibility index (Phi) is 2.70. The molecule has 15 heavy (non-hydrogen) atoms. The highest BCUT2D eigenvalue weighted by Crippen LogP contribution is 2.20. The molecule has 2 rings (SSSR count). The van der Waals surface area contributed by atoms with Gasteiger partial charge < -0.3 is 11.5 Å². The van der Waals surface area contributed by atoms with Crippen molar-refractivity contribution in [2.45, 2.75) is 6.04 Å². The molecule has 0 aliphatic carbocycles. The van der Waals surface area contributed by atoms with E-state index >= 15 is 0 Å². The highest BCUT2D eigenvalue weighted by molar-refractivity contribution is 5.44. The lowest BCUT2D eigenvalue weighted by atomic mass is 9.99. The third kappa shape index (κ3) is 2.17. The molecule has 4 N–H and O–H groups in total. The van der Waals surface area contributed by atoms with Crippen LogP contribution < -0.4 is 11.5 Å². The van der Waals surface area contributed by atoms with Crippen LogP contribution in [0.5, 0.6) is 0 Å². The number of nitrogens with two attached hydrogens (primary N) is 2. The first kappa shape index (κ1) is 9.74. The Morgan fingerprint density at radius 1 is 0.800 bits per heavy atom. The summed E-state index contributed by atoms with van der Waals surface area (Å²) < 4.78 is 0. The van der Waals surface area contributed by atoms with Crippen LogP contribution in [0.15, 0.2) is 54.6 Å². The molecular weight excluding hydrogens is 184 g/mol.